The van der Waals surface area contributed by atoms with Crippen LogP contribution in [0.1, 0.15) is 33.1 Å². The van der Waals surface area contributed by atoms with Crippen molar-refractivity contribution in [2.75, 3.05) is 61.3 Å². The van der Waals surface area contributed by atoms with E-state index >= 15 is 0 Å². The topological polar surface area (TPSA) is 61.5 Å². The van der Waals surface area contributed by atoms with E-state index in [-0.39, 0.29) is 0 Å². The minimum Gasteiger partial charge on any atom is -0.383 e. The molecule has 2 aliphatic rings. The molecule has 6 nitrogen and oxygen atoms in total. The maximum Gasteiger partial charge on any atom is 0.229 e. The monoisotopic (exact) mass is 330 g/mol. The van der Waals surface area contributed by atoms with Gasteiger partial charge in [0, 0.05) is 51.9 Å². The van der Waals surface area contributed by atoms with Gasteiger partial charge in [-0.25, -0.2) is 0 Å². The van der Waals surface area contributed by atoms with Crippen molar-refractivity contribution in [2.45, 2.75) is 33.1 Å². The third-order valence-corrected chi connectivity index (χ3v) is 5.09. The normalized spacial score (nSPS) is 20.0. The van der Waals surface area contributed by atoms with E-state index in [2.05, 4.69) is 39.6 Å². The molecule has 1 aromatic rings. The van der Waals surface area contributed by atoms with Crippen molar-refractivity contribution in [1.82, 2.24) is 14.9 Å². The first kappa shape index (κ1) is 17.0. The Labute approximate surface area is 145 Å². The van der Waals surface area contributed by atoms with Gasteiger partial charge in [0.2, 0.25) is 5.95 Å². The Morgan fingerprint density at radius 3 is 2.42 bits per heavy atom. The van der Waals surface area contributed by atoms with E-state index < -0.39 is 0 Å². The lowest BCUT2D eigenvalue weighted by Gasteiger charge is -2.36. The van der Waals surface area contributed by atoms with Crippen molar-refractivity contribution >= 4 is 17.6 Å². The molecule has 2 N–H and O–H groups in total. The maximum atomic E-state index is 6.04. The summed E-state index contributed by atoms with van der Waals surface area (Å²) in [7, 11) is 0. The van der Waals surface area contributed by atoms with Gasteiger partial charge in [0.05, 0.1) is 0 Å². The smallest absolute Gasteiger partial charge is 0.229 e. The van der Waals surface area contributed by atoms with E-state index in [1.165, 1.54) is 18.4 Å². The van der Waals surface area contributed by atoms with E-state index in [1.54, 1.807) is 0 Å². The molecule has 1 aromatic heterocycles. The first-order valence-electron chi connectivity index (χ1n) is 9.20. The number of aromatic nitrogens is 2. The van der Waals surface area contributed by atoms with Crippen LogP contribution in [0.15, 0.2) is 17.7 Å². The number of nitrogen functional groups attached to an aromatic ring is 1. The largest absolute Gasteiger partial charge is 0.383 e. The van der Waals surface area contributed by atoms with Crippen molar-refractivity contribution < 1.29 is 0 Å². The number of anilines is 3. The molecule has 2 aliphatic heterocycles. The molecule has 0 bridgehead atoms. The lowest BCUT2D eigenvalue weighted by Crippen LogP contribution is -2.47. The Kier molecular flexibility index (Phi) is 5.56. The molecular weight excluding hydrogens is 300 g/mol. The van der Waals surface area contributed by atoms with E-state index in [0.29, 0.717) is 5.82 Å². The van der Waals surface area contributed by atoms with E-state index in [0.717, 1.165) is 64.0 Å². The highest BCUT2D eigenvalue weighted by Crippen LogP contribution is 2.23. The molecule has 3 heterocycles. The number of allylic oxidation sites excluding steroid dienone is 1. The number of nitrogens with zero attached hydrogens (tertiary/aromatic N) is 5. The molecule has 3 rings (SSSR count). The second kappa shape index (κ2) is 7.83. The highest BCUT2D eigenvalue weighted by atomic mass is 15.3. The Morgan fingerprint density at radius 1 is 1.08 bits per heavy atom. The number of hydrogen-bond donors (Lipinski definition) is 1. The van der Waals surface area contributed by atoms with Crippen LogP contribution in [-0.4, -0.2) is 60.7 Å². The van der Waals surface area contributed by atoms with Gasteiger partial charge in [-0.15, -0.1) is 0 Å². The SMILES string of the molecule is C/C=C(\CC)CN1CCN(c2cc(N)nc(N3CCCC3)n2)CC1. The van der Waals surface area contributed by atoms with Crippen molar-refractivity contribution in [2.24, 2.45) is 0 Å². The Morgan fingerprint density at radius 2 is 1.79 bits per heavy atom. The average molecular weight is 330 g/mol. The molecule has 2 fully saturated rings. The van der Waals surface area contributed by atoms with E-state index in [1.807, 2.05) is 6.07 Å². The summed E-state index contributed by atoms with van der Waals surface area (Å²) in [6.07, 6.45) is 5.83. The van der Waals surface area contributed by atoms with Crippen molar-refractivity contribution in [3.8, 4) is 0 Å². The summed E-state index contributed by atoms with van der Waals surface area (Å²) in [6.45, 7) is 11.7. The van der Waals surface area contributed by atoms with Crippen LogP contribution >= 0.6 is 0 Å². The highest BCUT2D eigenvalue weighted by molar-refractivity contribution is 5.53. The number of nitrogens with two attached hydrogens (primary N) is 1. The molecule has 0 aromatic carbocycles. The molecule has 24 heavy (non-hydrogen) atoms. The van der Waals surface area contributed by atoms with E-state index in [4.69, 9.17) is 10.7 Å². The minimum atomic E-state index is 0.575. The zero-order chi connectivity index (χ0) is 16.9. The molecule has 6 heteroatoms. The van der Waals surface area contributed by atoms with Crippen LogP contribution < -0.4 is 15.5 Å². The predicted octanol–water partition coefficient (Wildman–Crippen LogP) is 2.14. The number of rotatable bonds is 5. The summed E-state index contributed by atoms with van der Waals surface area (Å²) in [5, 5.41) is 0. The summed E-state index contributed by atoms with van der Waals surface area (Å²) in [5.74, 6) is 2.35. The lowest BCUT2D eigenvalue weighted by atomic mass is 10.1. The van der Waals surface area contributed by atoms with Gasteiger partial charge < -0.3 is 15.5 Å². The van der Waals surface area contributed by atoms with Crippen LogP contribution in [0.3, 0.4) is 0 Å². The summed E-state index contributed by atoms with van der Waals surface area (Å²) in [4.78, 5) is 16.3. The zero-order valence-corrected chi connectivity index (χ0v) is 15.0. The summed E-state index contributed by atoms with van der Waals surface area (Å²) in [6, 6.07) is 1.92. The molecule has 0 spiro atoms. The predicted molar refractivity (Wildman–Crippen MR) is 101 cm³/mol. The fourth-order valence-electron chi connectivity index (χ4n) is 3.49. The van der Waals surface area contributed by atoms with Crippen molar-refractivity contribution in [3.05, 3.63) is 17.7 Å². The highest BCUT2D eigenvalue weighted by Gasteiger charge is 2.21. The number of hydrogen-bond acceptors (Lipinski definition) is 6. The minimum absolute atomic E-state index is 0.575. The molecule has 2 saturated heterocycles. The van der Waals surface area contributed by atoms with Gasteiger partial charge in [-0.3, -0.25) is 4.90 Å². The molecular formula is C18H30N6. The van der Waals surface area contributed by atoms with Gasteiger partial charge in [0.1, 0.15) is 11.6 Å². The van der Waals surface area contributed by atoms with Crippen molar-refractivity contribution in [1.29, 1.82) is 0 Å². The second-order valence-corrected chi connectivity index (χ2v) is 6.71. The quantitative estimate of drug-likeness (QED) is 0.835. The van der Waals surface area contributed by atoms with Crippen LogP contribution in [-0.2, 0) is 0 Å². The van der Waals surface area contributed by atoms with E-state index in [9.17, 15) is 0 Å². The van der Waals surface area contributed by atoms with Crippen molar-refractivity contribution in [3.63, 3.8) is 0 Å². The van der Waals surface area contributed by atoms with Gasteiger partial charge in [-0.1, -0.05) is 18.6 Å². The first-order chi connectivity index (χ1) is 11.7. The fraction of sp³-hybridized carbons (Fsp3) is 0.667. The first-order valence-corrected chi connectivity index (χ1v) is 9.20. The molecule has 0 aliphatic carbocycles. The average Bonchev–Trinajstić information content (AvgIpc) is 3.14. The summed E-state index contributed by atoms with van der Waals surface area (Å²) >= 11 is 0. The molecule has 0 unspecified atom stereocenters. The zero-order valence-electron chi connectivity index (χ0n) is 15.0. The van der Waals surface area contributed by atoms with Crippen LogP contribution in [0.2, 0.25) is 0 Å². The molecule has 0 radical (unpaired) electrons. The Balaban J connectivity index is 1.63. The van der Waals surface area contributed by atoms with Crippen LogP contribution in [0.5, 0.6) is 0 Å². The standard InChI is InChI=1S/C18H30N6/c1-3-15(4-2)14-22-9-11-23(12-10-22)17-13-16(19)20-18(21-17)24-7-5-6-8-24/h3,13H,4-12,14H2,1-2H3,(H2,19,20,21)/b15-3+. The van der Waals surface area contributed by atoms with Gasteiger partial charge in [0.25, 0.3) is 0 Å². The number of piperazine rings is 1. The Bertz CT molecular complexity index is 571. The van der Waals surface area contributed by atoms with Gasteiger partial charge in [-0.05, 0) is 26.2 Å². The second-order valence-electron chi connectivity index (χ2n) is 6.71. The fourth-order valence-corrected chi connectivity index (χ4v) is 3.49. The summed E-state index contributed by atoms with van der Waals surface area (Å²) in [5.41, 5.74) is 7.56. The molecule has 0 amide bonds. The van der Waals surface area contributed by atoms with Crippen LogP contribution in [0.4, 0.5) is 17.6 Å². The third-order valence-electron chi connectivity index (χ3n) is 5.09. The maximum absolute atomic E-state index is 6.04. The van der Waals surface area contributed by atoms with Crippen LogP contribution in [0, 0.1) is 0 Å². The Hall–Kier alpha value is -1.82. The third kappa shape index (κ3) is 3.98. The van der Waals surface area contributed by atoms with Crippen LogP contribution in [0.25, 0.3) is 0 Å². The summed E-state index contributed by atoms with van der Waals surface area (Å²) < 4.78 is 0. The molecule has 132 valence electrons. The van der Waals surface area contributed by atoms with Gasteiger partial charge in [0.15, 0.2) is 0 Å². The molecule has 0 atom stereocenters. The lowest BCUT2D eigenvalue weighted by molar-refractivity contribution is 0.275. The molecule has 0 saturated carbocycles. The van der Waals surface area contributed by atoms with Gasteiger partial charge >= 0.3 is 0 Å². The van der Waals surface area contributed by atoms with Gasteiger partial charge in [-0.2, -0.15) is 9.97 Å².